The molecule has 0 unspecified atom stereocenters. The van der Waals surface area contributed by atoms with Gasteiger partial charge in [-0.2, -0.15) is 0 Å². The van der Waals surface area contributed by atoms with Crippen LogP contribution in [0.5, 0.6) is 5.75 Å². The fourth-order valence-electron chi connectivity index (χ4n) is 1.34. The molecule has 84 valence electrons. The number of nitrogens with zero attached hydrogens (tertiary/aromatic N) is 1. The predicted octanol–water partition coefficient (Wildman–Crippen LogP) is 3.15. The molecule has 0 aliphatic rings. The van der Waals surface area contributed by atoms with Crippen LogP contribution < -0.4 is 10.1 Å². The number of hydrogen-bond donors (Lipinski definition) is 1. The number of hydrogen-bond acceptors (Lipinski definition) is 4. The van der Waals surface area contributed by atoms with Crippen molar-refractivity contribution in [2.45, 2.75) is 0 Å². The number of nitrogens with one attached hydrogen (secondary N) is 1. The van der Waals surface area contributed by atoms with Crippen LogP contribution >= 0.6 is 15.9 Å². The van der Waals surface area contributed by atoms with E-state index in [0.29, 0.717) is 11.8 Å². The van der Waals surface area contributed by atoms with Crippen molar-refractivity contribution in [1.29, 1.82) is 0 Å². The molecule has 1 aromatic carbocycles. The lowest BCUT2D eigenvalue weighted by molar-refractivity contribution is 0.412. The summed E-state index contributed by atoms with van der Waals surface area (Å²) >= 11 is 3.43. The SMILES string of the molecule is CNc1ncc(-c2ccc(OC)c(Br)c2)o1. The molecule has 1 aromatic heterocycles. The third kappa shape index (κ3) is 2.04. The Hall–Kier alpha value is -1.49. The molecule has 0 bridgehead atoms. The summed E-state index contributed by atoms with van der Waals surface area (Å²) in [5.74, 6) is 1.50. The molecular weight excluding hydrogens is 272 g/mol. The zero-order valence-corrected chi connectivity index (χ0v) is 10.5. The zero-order valence-electron chi connectivity index (χ0n) is 8.95. The Morgan fingerprint density at radius 1 is 1.44 bits per heavy atom. The fourth-order valence-corrected chi connectivity index (χ4v) is 1.88. The first-order valence-corrected chi connectivity index (χ1v) is 5.51. The van der Waals surface area contributed by atoms with Crippen LogP contribution in [0.1, 0.15) is 0 Å². The Bertz CT molecular complexity index is 496. The first-order valence-electron chi connectivity index (χ1n) is 4.72. The summed E-state index contributed by atoms with van der Waals surface area (Å²) in [5.41, 5.74) is 0.946. The zero-order chi connectivity index (χ0) is 11.5. The van der Waals surface area contributed by atoms with E-state index in [-0.39, 0.29) is 0 Å². The molecule has 0 radical (unpaired) electrons. The van der Waals surface area contributed by atoms with Gasteiger partial charge in [0.25, 0.3) is 6.01 Å². The van der Waals surface area contributed by atoms with E-state index in [9.17, 15) is 0 Å². The molecule has 1 heterocycles. The first-order chi connectivity index (χ1) is 7.74. The van der Waals surface area contributed by atoms with Crippen LogP contribution in [-0.4, -0.2) is 19.1 Å². The molecule has 0 saturated carbocycles. The molecule has 0 aliphatic carbocycles. The molecule has 2 aromatic rings. The lowest BCUT2D eigenvalue weighted by Crippen LogP contribution is -1.85. The summed E-state index contributed by atoms with van der Waals surface area (Å²) in [4.78, 5) is 4.06. The van der Waals surface area contributed by atoms with Crippen LogP contribution in [0.3, 0.4) is 0 Å². The largest absolute Gasteiger partial charge is 0.496 e. The van der Waals surface area contributed by atoms with E-state index in [2.05, 4.69) is 26.2 Å². The predicted molar refractivity (Wildman–Crippen MR) is 65.7 cm³/mol. The highest BCUT2D eigenvalue weighted by atomic mass is 79.9. The normalized spacial score (nSPS) is 10.2. The quantitative estimate of drug-likeness (QED) is 0.940. The Labute approximate surface area is 102 Å². The molecular formula is C11H11BrN2O2. The van der Waals surface area contributed by atoms with Gasteiger partial charge in [-0.25, -0.2) is 4.98 Å². The van der Waals surface area contributed by atoms with Gasteiger partial charge in [0.05, 0.1) is 17.8 Å². The number of aromatic nitrogens is 1. The summed E-state index contributed by atoms with van der Waals surface area (Å²) in [5, 5.41) is 2.84. The first kappa shape index (κ1) is 11.0. The average molecular weight is 283 g/mol. The van der Waals surface area contributed by atoms with Gasteiger partial charge in [-0.15, -0.1) is 0 Å². The van der Waals surface area contributed by atoms with Gasteiger partial charge < -0.3 is 14.5 Å². The van der Waals surface area contributed by atoms with E-state index in [0.717, 1.165) is 15.8 Å². The highest BCUT2D eigenvalue weighted by Crippen LogP contribution is 2.31. The van der Waals surface area contributed by atoms with E-state index in [4.69, 9.17) is 9.15 Å². The second kappa shape index (κ2) is 4.57. The van der Waals surface area contributed by atoms with Crippen molar-refractivity contribution in [3.8, 4) is 17.1 Å². The summed E-state index contributed by atoms with van der Waals surface area (Å²) in [7, 11) is 3.40. The summed E-state index contributed by atoms with van der Waals surface area (Å²) in [6.07, 6.45) is 1.68. The molecule has 0 saturated heterocycles. The van der Waals surface area contributed by atoms with Gasteiger partial charge in [0.1, 0.15) is 5.75 Å². The second-order valence-electron chi connectivity index (χ2n) is 3.13. The molecule has 0 amide bonds. The number of benzene rings is 1. The summed E-state index contributed by atoms with van der Waals surface area (Å²) < 4.78 is 11.5. The maximum atomic E-state index is 5.46. The molecule has 4 nitrogen and oxygen atoms in total. The van der Waals surface area contributed by atoms with Crippen LogP contribution in [0.4, 0.5) is 6.01 Å². The number of oxazole rings is 1. The molecule has 2 rings (SSSR count). The number of ether oxygens (including phenoxy) is 1. The Morgan fingerprint density at radius 2 is 2.25 bits per heavy atom. The topological polar surface area (TPSA) is 47.3 Å². The standard InChI is InChI=1S/C11H11BrN2O2/c1-13-11-14-6-10(16-11)7-3-4-9(15-2)8(12)5-7/h3-6H,1-2H3,(H,13,14). The number of anilines is 1. The second-order valence-corrected chi connectivity index (χ2v) is 3.98. The summed E-state index contributed by atoms with van der Waals surface area (Å²) in [6.45, 7) is 0. The monoisotopic (exact) mass is 282 g/mol. The third-order valence-electron chi connectivity index (χ3n) is 2.16. The van der Waals surface area contributed by atoms with Crippen molar-refractivity contribution in [3.05, 3.63) is 28.9 Å². The van der Waals surface area contributed by atoms with Gasteiger partial charge in [-0.3, -0.25) is 0 Å². The number of methoxy groups -OCH3 is 1. The van der Waals surface area contributed by atoms with E-state index in [1.165, 1.54) is 0 Å². The fraction of sp³-hybridized carbons (Fsp3) is 0.182. The van der Waals surface area contributed by atoms with Crippen molar-refractivity contribution in [2.75, 3.05) is 19.5 Å². The highest BCUT2D eigenvalue weighted by Gasteiger charge is 2.07. The number of halogens is 1. The van der Waals surface area contributed by atoms with Crippen LogP contribution in [0.2, 0.25) is 0 Å². The smallest absolute Gasteiger partial charge is 0.294 e. The maximum Gasteiger partial charge on any atom is 0.294 e. The molecule has 0 spiro atoms. The maximum absolute atomic E-state index is 5.46. The van der Waals surface area contributed by atoms with Gasteiger partial charge in [0.15, 0.2) is 5.76 Å². The highest BCUT2D eigenvalue weighted by molar-refractivity contribution is 9.10. The van der Waals surface area contributed by atoms with Gasteiger partial charge in [0.2, 0.25) is 0 Å². The van der Waals surface area contributed by atoms with Crippen LogP contribution in [-0.2, 0) is 0 Å². The van der Waals surface area contributed by atoms with E-state index in [1.807, 2.05) is 18.2 Å². The lowest BCUT2D eigenvalue weighted by atomic mass is 10.2. The summed E-state index contributed by atoms with van der Waals surface area (Å²) in [6, 6.07) is 6.23. The van der Waals surface area contributed by atoms with E-state index in [1.54, 1.807) is 20.4 Å². The minimum Gasteiger partial charge on any atom is -0.496 e. The molecule has 5 heteroatoms. The third-order valence-corrected chi connectivity index (χ3v) is 2.78. The van der Waals surface area contributed by atoms with Crippen molar-refractivity contribution < 1.29 is 9.15 Å². The van der Waals surface area contributed by atoms with Crippen LogP contribution in [0.15, 0.2) is 33.3 Å². The average Bonchev–Trinajstić information content (AvgIpc) is 2.77. The van der Waals surface area contributed by atoms with Crippen LogP contribution in [0.25, 0.3) is 11.3 Å². The molecule has 0 aliphatic heterocycles. The van der Waals surface area contributed by atoms with Gasteiger partial charge in [-0.1, -0.05) is 0 Å². The van der Waals surface area contributed by atoms with Gasteiger partial charge in [-0.05, 0) is 34.1 Å². The van der Waals surface area contributed by atoms with Crippen molar-refractivity contribution in [1.82, 2.24) is 4.98 Å². The van der Waals surface area contributed by atoms with Crippen molar-refractivity contribution in [2.24, 2.45) is 0 Å². The van der Waals surface area contributed by atoms with E-state index < -0.39 is 0 Å². The minimum atomic E-state index is 0.502. The Kier molecular flexibility index (Phi) is 3.14. The number of rotatable bonds is 3. The Balaban J connectivity index is 2.37. The molecule has 16 heavy (non-hydrogen) atoms. The van der Waals surface area contributed by atoms with Crippen molar-refractivity contribution in [3.63, 3.8) is 0 Å². The minimum absolute atomic E-state index is 0.502. The molecule has 1 N–H and O–H groups in total. The Morgan fingerprint density at radius 3 is 2.81 bits per heavy atom. The molecule has 0 atom stereocenters. The van der Waals surface area contributed by atoms with Crippen molar-refractivity contribution >= 4 is 21.9 Å². The van der Waals surface area contributed by atoms with E-state index >= 15 is 0 Å². The molecule has 0 fully saturated rings. The van der Waals surface area contributed by atoms with Crippen LogP contribution in [0, 0.1) is 0 Å². The lowest BCUT2D eigenvalue weighted by Gasteiger charge is -2.03. The van der Waals surface area contributed by atoms with Gasteiger partial charge in [0, 0.05) is 12.6 Å². The van der Waals surface area contributed by atoms with Gasteiger partial charge >= 0.3 is 0 Å².